The van der Waals surface area contributed by atoms with E-state index >= 15 is 0 Å². The Hall–Kier alpha value is -2.37. The molecule has 1 saturated carbocycles. The van der Waals surface area contributed by atoms with Crippen molar-refractivity contribution in [1.29, 1.82) is 0 Å². The molecule has 1 aliphatic carbocycles. The lowest BCUT2D eigenvalue weighted by Gasteiger charge is -2.33. The predicted molar refractivity (Wildman–Crippen MR) is 99.7 cm³/mol. The number of rotatable bonds is 3. The van der Waals surface area contributed by atoms with Crippen LogP contribution in [0.25, 0.3) is 10.9 Å². The van der Waals surface area contributed by atoms with Crippen LogP contribution in [0.3, 0.4) is 0 Å². The number of para-hydroxylation sites is 1. The summed E-state index contributed by atoms with van der Waals surface area (Å²) in [6, 6.07) is 7.96. The monoisotopic (exact) mass is 354 g/mol. The van der Waals surface area contributed by atoms with E-state index < -0.39 is 0 Å². The highest BCUT2D eigenvalue weighted by Crippen LogP contribution is 2.23. The first-order valence-electron chi connectivity index (χ1n) is 9.75. The van der Waals surface area contributed by atoms with Crippen molar-refractivity contribution in [1.82, 2.24) is 20.4 Å². The van der Waals surface area contributed by atoms with Gasteiger partial charge in [-0.25, -0.2) is 0 Å². The third-order valence-corrected chi connectivity index (χ3v) is 5.70. The lowest BCUT2D eigenvalue weighted by Crippen LogP contribution is -2.48. The zero-order valence-electron chi connectivity index (χ0n) is 15.0. The average molecular weight is 354 g/mol. The molecular weight excluding hydrogens is 328 g/mol. The van der Waals surface area contributed by atoms with Gasteiger partial charge in [0.1, 0.15) is 0 Å². The summed E-state index contributed by atoms with van der Waals surface area (Å²) in [6.45, 7) is 1.17. The third kappa shape index (κ3) is 3.45. The zero-order chi connectivity index (χ0) is 17.9. The van der Waals surface area contributed by atoms with Gasteiger partial charge in [0.2, 0.25) is 5.91 Å². The molecule has 2 N–H and O–H groups in total. The van der Waals surface area contributed by atoms with E-state index in [9.17, 15) is 9.59 Å². The number of hydrogen-bond acceptors (Lipinski definition) is 3. The lowest BCUT2D eigenvalue weighted by atomic mass is 9.93. The molecule has 6 nitrogen and oxygen atoms in total. The molecule has 0 radical (unpaired) electrons. The number of amides is 2. The Morgan fingerprint density at radius 1 is 1.08 bits per heavy atom. The van der Waals surface area contributed by atoms with Crippen molar-refractivity contribution in [3.63, 3.8) is 0 Å². The van der Waals surface area contributed by atoms with Gasteiger partial charge in [-0.1, -0.05) is 37.5 Å². The summed E-state index contributed by atoms with van der Waals surface area (Å²) >= 11 is 0. The number of aromatic nitrogens is 2. The summed E-state index contributed by atoms with van der Waals surface area (Å²) in [5, 5.41) is 11.2. The molecule has 1 atom stereocenters. The molecule has 6 heteroatoms. The molecule has 4 rings (SSSR count). The second-order valence-electron chi connectivity index (χ2n) is 7.55. The Morgan fingerprint density at radius 3 is 2.73 bits per heavy atom. The number of hydrogen-bond donors (Lipinski definition) is 2. The van der Waals surface area contributed by atoms with Crippen molar-refractivity contribution in [3.8, 4) is 0 Å². The fourth-order valence-corrected chi connectivity index (χ4v) is 4.22. The second kappa shape index (κ2) is 7.48. The number of likely N-dealkylation sites (tertiary alicyclic amines) is 1. The lowest BCUT2D eigenvalue weighted by molar-refractivity contribution is -0.127. The first-order valence-corrected chi connectivity index (χ1v) is 9.75. The van der Waals surface area contributed by atoms with Gasteiger partial charge in [-0.05, 0) is 31.7 Å². The summed E-state index contributed by atoms with van der Waals surface area (Å²) in [7, 11) is 0. The van der Waals surface area contributed by atoms with Crippen LogP contribution in [-0.2, 0) is 4.79 Å². The maximum Gasteiger partial charge on any atom is 0.275 e. The first-order chi connectivity index (χ1) is 12.7. The highest BCUT2D eigenvalue weighted by Gasteiger charge is 2.31. The Kier molecular flexibility index (Phi) is 4.91. The van der Waals surface area contributed by atoms with Crippen molar-refractivity contribution in [2.45, 2.75) is 51.0 Å². The van der Waals surface area contributed by atoms with E-state index in [0.717, 1.165) is 36.6 Å². The Labute approximate surface area is 153 Å². The number of H-pyrrole nitrogens is 1. The van der Waals surface area contributed by atoms with E-state index in [1.165, 1.54) is 19.3 Å². The summed E-state index contributed by atoms with van der Waals surface area (Å²) in [4.78, 5) is 27.4. The van der Waals surface area contributed by atoms with Crippen LogP contribution in [0.4, 0.5) is 0 Å². The smallest absolute Gasteiger partial charge is 0.275 e. The third-order valence-electron chi connectivity index (χ3n) is 5.70. The van der Waals surface area contributed by atoms with Crippen LogP contribution in [0.2, 0.25) is 0 Å². The number of carbonyl (C=O) groups excluding carboxylic acids is 2. The molecule has 2 heterocycles. The SMILES string of the molecule is O=C(NC1CCCCC1)C1CCCN(C(=O)c2n[nH]c3ccccc23)C1. The van der Waals surface area contributed by atoms with Crippen molar-refractivity contribution in [3.05, 3.63) is 30.0 Å². The summed E-state index contributed by atoms with van der Waals surface area (Å²) < 4.78 is 0. The number of aromatic amines is 1. The first kappa shape index (κ1) is 17.1. The molecule has 1 saturated heterocycles. The van der Waals surface area contributed by atoms with Crippen LogP contribution < -0.4 is 5.32 Å². The van der Waals surface area contributed by atoms with Crippen LogP contribution in [0.5, 0.6) is 0 Å². The highest BCUT2D eigenvalue weighted by atomic mass is 16.2. The van der Waals surface area contributed by atoms with Crippen LogP contribution in [0.1, 0.15) is 55.4 Å². The maximum atomic E-state index is 12.9. The van der Waals surface area contributed by atoms with E-state index in [1.54, 1.807) is 4.90 Å². The van der Waals surface area contributed by atoms with E-state index in [1.807, 2.05) is 24.3 Å². The molecule has 1 aromatic carbocycles. The molecule has 1 aromatic heterocycles. The van der Waals surface area contributed by atoms with Gasteiger partial charge in [-0.3, -0.25) is 14.7 Å². The highest BCUT2D eigenvalue weighted by molar-refractivity contribution is 6.04. The summed E-state index contributed by atoms with van der Waals surface area (Å²) in [5.41, 5.74) is 1.31. The molecule has 26 heavy (non-hydrogen) atoms. The fourth-order valence-electron chi connectivity index (χ4n) is 4.22. The van der Waals surface area contributed by atoms with Crippen LogP contribution >= 0.6 is 0 Å². The minimum absolute atomic E-state index is 0.0855. The van der Waals surface area contributed by atoms with Gasteiger partial charge in [0.15, 0.2) is 5.69 Å². The maximum absolute atomic E-state index is 12.9. The Bertz CT molecular complexity index is 794. The van der Waals surface area contributed by atoms with Crippen LogP contribution in [0, 0.1) is 5.92 Å². The average Bonchev–Trinajstić information content (AvgIpc) is 3.12. The largest absolute Gasteiger partial charge is 0.353 e. The molecule has 1 unspecified atom stereocenters. The van der Waals surface area contributed by atoms with Crippen LogP contribution in [-0.4, -0.2) is 46.0 Å². The molecule has 2 amide bonds. The molecule has 0 spiro atoms. The molecule has 2 aliphatic rings. The van der Waals surface area contributed by atoms with Gasteiger partial charge in [-0.15, -0.1) is 0 Å². The van der Waals surface area contributed by atoms with Gasteiger partial charge in [0, 0.05) is 24.5 Å². The quantitative estimate of drug-likeness (QED) is 0.890. The normalized spacial score (nSPS) is 21.7. The molecule has 1 aliphatic heterocycles. The van der Waals surface area contributed by atoms with E-state index in [-0.39, 0.29) is 17.7 Å². The van der Waals surface area contributed by atoms with Gasteiger partial charge in [-0.2, -0.15) is 5.10 Å². The molecular formula is C20H26N4O2. The number of nitrogens with zero attached hydrogens (tertiary/aromatic N) is 2. The summed E-state index contributed by atoms with van der Waals surface area (Å²) in [6.07, 6.45) is 7.55. The fraction of sp³-hybridized carbons (Fsp3) is 0.550. The number of nitrogens with one attached hydrogen (secondary N) is 2. The molecule has 2 aromatic rings. The standard InChI is InChI=1S/C20H26N4O2/c25-19(21-15-8-2-1-3-9-15)14-7-6-12-24(13-14)20(26)18-16-10-4-5-11-17(16)22-23-18/h4-5,10-11,14-15H,1-3,6-9,12-13H2,(H,21,25)(H,22,23). The molecule has 2 fully saturated rings. The summed E-state index contributed by atoms with van der Waals surface area (Å²) in [5.74, 6) is -0.0845. The van der Waals surface area contributed by atoms with Crippen molar-refractivity contribution in [2.75, 3.05) is 13.1 Å². The molecule has 138 valence electrons. The van der Waals surface area contributed by atoms with Gasteiger partial charge in [0.25, 0.3) is 5.91 Å². The minimum Gasteiger partial charge on any atom is -0.353 e. The topological polar surface area (TPSA) is 78.1 Å². The van der Waals surface area contributed by atoms with Gasteiger partial charge >= 0.3 is 0 Å². The van der Waals surface area contributed by atoms with Crippen molar-refractivity contribution < 1.29 is 9.59 Å². The Balaban J connectivity index is 1.42. The van der Waals surface area contributed by atoms with Gasteiger partial charge in [0.05, 0.1) is 11.4 Å². The van der Waals surface area contributed by atoms with E-state index in [0.29, 0.717) is 24.8 Å². The van der Waals surface area contributed by atoms with Crippen LogP contribution in [0.15, 0.2) is 24.3 Å². The van der Waals surface area contributed by atoms with Crippen molar-refractivity contribution in [2.24, 2.45) is 5.92 Å². The molecule has 0 bridgehead atoms. The number of carbonyl (C=O) groups is 2. The minimum atomic E-state index is -0.111. The Morgan fingerprint density at radius 2 is 1.88 bits per heavy atom. The van der Waals surface area contributed by atoms with Gasteiger partial charge < -0.3 is 10.2 Å². The van der Waals surface area contributed by atoms with E-state index in [4.69, 9.17) is 0 Å². The number of piperidine rings is 1. The number of benzene rings is 1. The second-order valence-corrected chi connectivity index (χ2v) is 7.55. The van der Waals surface area contributed by atoms with E-state index in [2.05, 4.69) is 15.5 Å². The number of fused-ring (bicyclic) bond motifs is 1. The zero-order valence-corrected chi connectivity index (χ0v) is 15.0. The van der Waals surface area contributed by atoms with Crippen molar-refractivity contribution >= 4 is 22.7 Å². The predicted octanol–water partition coefficient (Wildman–Crippen LogP) is 2.86.